The molecule has 1 heterocycles. The fraction of sp³-hybridized carbons (Fsp3) is 0.316. The van der Waals surface area contributed by atoms with E-state index in [-0.39, 0.29) is 6.54 Å². The van der Waals surface area contributed by atoms with Crippen LogP contribution in [0.25, 0.3) is 0 Å². The molecule has 1 atom stereocenters. The third-order valence-electron chi connectivity index (χ3n) is 3.52. The maximum absolute atomic E-state index is 12.0. The molecule has 27 heavy (non-hydrogen) atoms. The van der Waals surface area contributed by atoms with E-state index in [0.717, 1.165) is 4.88 Å². The van der Waals surface area contributed by atoms with Crippen LogP contribution in [0, 0.1) is 0 Å². The maximum Gasteiger partial charge on any atom is 0.326 e. The Kier molecular flexibility index (Phi) is 7.81. The van der Waals surface area contributed by atoms with E-state index in [1.807, 2.05) is 24.4 Å². The van der Waals surface area contributed by atoms with Gasteiger partial charge in [0.2, 0.25) is 0 Å². The molecule has 2 rings (SSSR count). The van der Waals surface area contributed by atoms with Crippen molar-refractivity contribution >= 4 is 29.1 Å². The van der Waals surface area contributed by atoms with Crippen molar-refractivity contribution in [1.29, 1.82) is 0 Å². The highest BCUT2D eigenvalue weighted by Gasteiger charge is 2.18. The molecule has 8 heteroatoms. The van der Waals surface area contributed by atoms with Gasteiger partial charge >= 0.3 is 5.97 Å². The first kappa shape index (κ1) is 20.4. The topological polar surface area (TPSA) is 93.7 Å². The zero-order valence-corrected chi connectivity index (χ0v) is 16.0. The summed E-state index contributed by atoms with van der Waals surface area (Å²) < 4.78 is 10.3. The average molecular weight is 390 g/mol. The summed E-state index contributed by atoms with van der Waals surface area (Å²) in [6.07, 6.45) is -0.945. The first-order chi connectivity index (χ1) is 13.0. The number of esters is 1. The summed E-state index contributed by atoms with van der Waals surface area (Å²) in [4.78, 5) is 36.8. The molecule has 0 spiro atoms. The lowest BCUT2D eigenvalue weighted by atomic mass is 10.2. The Hall–Kier alpha value is -2.87. The monoisotopic (exact) mass is 390 g/mol. The Morgan fingerprint density at radius 3 is 2.48 bits per heavy atom. The lowest BCUT2D eigenvalue weighted by Gasteiger charge is -2.13. The summed E-state index contributed by atoms with van der Waals surface area (Å²) in [5.74, 6) is -0.830. The third kappa shape index (κ3) is 6.74. The zero-order chi connectivity index (χ0) is 19.6. The number of ether oxygens (including phenoxy) is 2. The molecule has 7 nitrogen and oxygen atoms in total. The molecular weight excluding hydrogens is 368 g/mol. The van der Waals surface area contributed by atoms with Crippen LogP contribution in [0.15, 0.2) is 41.8 Å². The number of hydrogen-bond donors (Lipinski definition) is 2. The van der Waals surface area contributed by atoms with Crippen LogP contribution in [0.1, 0.15) is 29.1 Å². The van der Waals surface area contributed by atoms with Crippen molar-refractivity contribution in [2.45, 2.75) is 26.5 Å². The summed E-state index contributed by atoms with van der Waals surface area (Å²) in [5.41, 5.74) is 0.396. The van der Waals surface area contributed by atoms with Crippen molar-refractivity contribution in [1.82, 2.24) is 10.6 Å². The summed E-state index contributed by atoms with van der Waals surface area (Å²) in [7, 11) is 0. The van der Waals surface area contributed by atoms with Gasteiger partial charge in [-0.1, -0.05) is 6.07 Å². The Morgan fingerprint density at radius 2 is 1.85 bits per heavy atom. The molecule has 0 aliphatic carbocycles. The number of thiophene rings is 1. The van der Waals surface area contributed by atoms with Crippen LogP contribution in [0.4, 0.5) is 0 Å². The van der Waals surface area contributed by atoms with Crippen molar-refractivity contribution in [2.24, 2.45) is 0 Å². The van der Waals surface area contributed by atoms with E-state index in [1.165, 1.54) is 18.3 Å². The van der Waals surface area contributed by atoms with Gasteiger partial charge in [-0.2, -0.15) is 0 Å². The predicted molar refractivity (Wildman–Crippen MR) is 102 cm³/mol. The number of hydrogen-bond acceptors (Lipinski definition) is 6. The Balaban J connectivity index is 1.72. The van der Waals surface area contributed by atoms with Gasteiger partial charge in [-0.15, -0.1) is 11.3 Å². The SMILES string of the molecule is CCOc1ccc(C(=O)NCC(=O)O[C@@H](C)C(=O)NCc2cccs2)cc1. The van der Waals surface area contributed by atoms with Gasteiger partial charge in [-0.3, -0.25) is 14.4 Å². The lowest BCUT2D eigenvalue weighted by Crippen LogP contribution is -2.38. The molecule has 0 bridgehead atoms. The second-order valence-corrected chi connectivity index (χ2v) is 6.60. The van der Waals surface area contributed by atoms with E-state index >= 15 is 0 Å². The molecule has 0 fully saturated rings. The van der Waals surface area contributed by atoms with E-state index < -0.39 is 23.9 Å². The molecule has 0 unspecified atom stereocenters. The molecule has 0 saturated heterocycles. The molecule has 2 aromatic rings. The van der Waals surface area contributed by atoms with Crippen molar-refractivity contribution < 1.29 is 23.9 Å². The molecule has 144 valence electrons. The number of amides is 2. The highest BCUT2D eigenvalue weighted by atomic mass is 32.1. The molecule has 1 aromatic heterocycles. The summed E-state index contributed by atoms with van der Waals surface area (Å²) in [6, 6.07) is 10.4. The molecule has 2 amide bonds. The largest absolute Gasteiger partial charge is 0.494 e. The molecule has 0 radical (unpaired) electrons. The van der Waals surface area contributed by atoms with Gasteiger partial charge in [-0.25, -0.2) is 0 Å². The average Bonchev–Trinajstić information content (AvgIpc) is 3.18. The Labute approximate surface area is 161 Å². The lowest BCUT2D eigenvalue weighted by molar-refractivity contribution is -0.153. The van der Waals surface area contributed by atoms with Crippen LogP contribution in [0.2, 0.25) is 0 Å². The first-order valence-electron chi connectivity index (χ1n) is 8.50. The minimum atomic E-state index is -0.945. The van der Waals surface area contributed by atoms with Crippen LogP contribution in [-0.2, 0) is 20.9 Å². The first-order valence-corrected chi connectivity index (χ1v) is 9.38. The number of nitrogens with one attached hydrogen (secondary N) is 2. The quantitative estimate of drug-likeness (QED) is 0.640. The molecule has 0 saturated carbocycles. The number of rotatable bonds is 9. The second-order valence-electron chi connectivity index (χ2n) is 5.57. The highest BCUT2D eigenvalue weighted by Crippen LogP contribution is 2.12. The molecule has 2 N–H and O–H groups in total. The minimum absolute atomic E-state index is 0.325. The second kappa shape index (κ2) is 10.3. The van der Waals surface area contributed by atoms with Gasteiger partial charge < -0.3 is 20.1 Å². The maximum atomic E-state index is 12.0. The smallest absolute Gasteiger partial charge is 0.326 e. The fourth-order valence-electron chi connectivity index (χ4n) is 2.15. The number of carbonyl (C=O) groups excluding carboxylic acids is 3. The van der Waals surface area contributed by atoms with Crippen LogP contribution in [0.3, 0.4) is 0 Å². The highest BCUT2D eigenvalue weighted by molar-refractivity contribution is 7.09. The Bertz CT molecular complexity index is 759. The van der Waals surface area contributed by atoms with Crippen LogP contribution < -0.4 is 15.4 Å². The van der Waals surface area contributed by atoms with Crippen LogP contribution in [0.5, 0.6) is 5.75 Å². The van der Waals surface area contributed by atoms with Crippen molar-refractivity contribution in [3.63, 3.8) is 0 Å². The molecule has 0 aliphatic heterocycles. The van der Waals surface area contributed by atoms with E-state index in [1.54, 1.807) is 24.3 Å². The van der Waals surface area contributed by atoms with Gasteiger partial charge in [0.1, 0.15) is 12.3 Å². The van der Waals surface area contributed by atoms with E-state index in [0.29, 0.717) is 24.5 Å². The summed E-state index contributed by atoms with van der Waals surface area (Å²) in [6.45, 7) is 3.95. The van der Waals surface area contributed by atoms with E-state index in [2.05, 4.69) is 10.6 Å². The van der Waals surface area contributed by atoms with Crippen LogP contribution in [-0.4, -0.2) is 37.0 Å². The van der Waals surface area contributed by atoms with Crippen molar-refractivity contribution in [2.75, 3.05) is 13.2 Å². The Morgan fingerprint density at radius 1 is 1.11 bits per heavy atom. The van der Waals surface area contributed by atoms with Gasteiger partial charge in [-0.05, 0) is 49.6 Å². The fourth-order valence-corrected chi connectivity index (χ4v) is 2.79. The van der Waals surface area contributed by atoms with Crippen LogP contribution >= 0.6 is 11.3 Å². The van der Waals surface area contributed by atoms with Crippen molar-refractivity contribution in [3.8, 4) is 5.75 Å². The standard InChI is InChI=1S/C19H22N2O5S/c1-3-25-15-8-6-14(7-9-15)19(24)21-12-17(22)26-13(2)18(23)20-11-16-5-4-10-27-16/h4-10,13H,3,11-12H2,1-2H3,(H,20,23)(H,21,24)/t13-/m0/s1. The number of benzene rings is 1. The molecular formula is C19H22N2O5S. The normalized spacial score (nSPS) is 11.3. The molecule has 1 aromatic carbocycles. The number of carbonyl (C=O) groups is 3. The van der Waals surface area contributed by atoms with E-state index in [4.69, 9.17) is 9.47 Å². The summed E-state index contributed by atoms with van der Waals surface area (Å²) in [5, 5.41) is 7.07. The van der Waals surface area contributed by atoms with Gasteiger partial charge in [0.15, 0.2) is 6.10 Å². The molecule has 0 aliphatic rings. The third-order valence-corrected chi connectivity index (χ3v) is 4.39. The van der Waals surface area contributed by atoms with Crippen molar-refractivity contribution in [3.05, 3.63) is 52.2 Å². The van der Waals surface area contributed by atoms with Gasteiger partial charge in [0.25, 0.3) is 11.8 Å². The summed E-state index contributed by atoms with van der Waals surface area (Å²) >= 11 is 1.53. The predicted octanol–water partition coefficient (Wildman–Crippen LogP) is 2.12. The van der Waals surface area contributed by atoms with Gasteiger partial charge in [0.05, 0.1) is 13.2 Å². The zero-order valence-electron chi connectivity index (χ0n) is 15.2. The van der Waals surface area contributed by atoms with E-state index in [9.17, 15) is 14.4 Å². The minimum Gasteiger partial charge on any atom is -0.494 e. The van der Waals surface area contributed by atoms with Gasteiger partial charge in [0, 0.05) is 10.4 Å².